The molecule has 2 aromatic carbocycles. The monoisotopic (exact) mass is 361 g/mol. The molecule has 0 aliphatic heterocycles. The van der Waals surface area contributed by atoms with Crippen LogP contribution in [0.1, 0.15) is 41.4 Å². The smallest absolute Gasteiger partial charge is 0.340 e. The molecule has 2 rings (SSSR count). The first-order chi connectivity index (χ1) is 12.3. The van der Waals surface area contributed by atoms with Crippen LogP contribution in [0.25, 0.3) is 0 Å². The number of carbonyl (C=O) groups excluding carboxylic acids is 1. The summed E-state index contributed by atoms with van der Waals surface area (Å²) in [5.41, 5.74) is -1.04. The zero-order valence-corrected chi connectivity index (χ0v) is 12.8. The van der Waals surface area contributed by atoms with E-state index in [0.29, 0.717) is 0 Å². The Balaban J connectivity index is 2.65. The van der Waals surface area contributed by atoms with Crippen molar-refractivity contribution in [2.24, 2.45) is 0 Å². The molecule has 2 aromatic rings. The fraction of sp³-hybridized carbons (Fsp3) is 0. The Morgan fingerprint density at radius 2 is 1.19 bits per heavy atom. The summed E-state index contributed by atoms with van der Waals surface area (Å²) < 4.78 is 5.30. The van der Waals surface area contributed by atoms with E-state index in [1.54, 1.807) is 0 Å². The van der Waals surface area contributed by atoms with Crippen molar-refractivity contribution in [3.8, 4) is 11.5 Å². The molecule has 0 unspecified atom stereocenters. The molecule has 5 N–H and O–H groups in total. The number of amides is 1. The lowest BCUT2D eigenvalue weighted by Crippen LogP contribution is -2.22. The lowest BCUT2D eigenvalue weighted by atomic mass is 10.0. The molecule has 0 aromatic heterocycles. The van der Waals surface area contributed by atoms with Crippen LogP contribution in [0, 0.1) is 0 Å². The van der Waals surface area contributed by atoms with Gasteiger partial charge in [0.1, 0.15) is 22.6 Å². The van der Waals surface area contributed by atoms with E-state index in [1.807, 2.05) is 0 Å². The molecule has 10 heteroatoms. The van der Waals surface area contributed by atoms with Gasteiger partial charge in [0.25, 0.3) is 5.91 Å². The Hall–Kier alpha value is -3.92. The van der Waals surface area contributed by atoms with Crippen LogP contribution >= 0.6 is 0 Å². The maximum Gasteiger partial charge on any atom is 0.340 e. The van der Waals surface area contributed by atoms with Crippen molar-refractivity contribution < 1.29 is 44.4 Å². The molecule has 26 heavy (non-hydrogen) atoms. The minimum absolute atomic E-state index is 0.413. The topological polar surface area (TPSA) is 170 Å². The van der Waals surface area contributed by atoms with Crippen molar-refractivity contribution in [1.29, 1.82) is 0 Å². The zero-order chi connectivity index (χ0) is 19.4. The number of benzene rings is 2. The van der Waals surface area contributed by atoms with Crippen LogP contribution in [-0.2, 0) is 0 Å². The fourth-order valence-electron chi connectivity index (χ4n) is 2.22. The van der Waals surface area contributed by atoms with Gasteiger partial charge in [-0.15, -0.1) is 0 Å². The van der Waals surface area contributed by atoms with Crippen molar-refractivity contribution >= 4 is 23.8 Å². The highest BCUT2D eigenvalue weighted by Crippen LogP contribution is 2.32. The SMILES string of the molecule is O=C(O)c1cccc(Oc2cccc(C(=O)NO)c2C(=O)O)c1C(=O)O. The second-order valence-corrected chi connectivity index (χ2v) is 4.82. The van der Waals surface area contributed by atoms with E-state index >= 15 is 0 Å². The van der Waals surface area contributed by atoms with E-state index in [4.69, 9.17) is 15.1 Å². The standard InChI is InChI=1S/C16H11NO9/c18-13(17-25)7-3-1-5-9(11(7)15(21)22)26-10-6-2-4-8(14(19)20)12(10)16(23)24/h1-6,25H,(H,17,18)(H,19,20)(H,21,22)(H,23,24). The summed E-state index contributed by atoms with van der Waals surface area (Å²) in [4.78, 5) is 45.7. The van der Waals surface area contributed by atoms with Gasteiger partial charge in [-0.05, 0) is 24.3 Å². The fourth-order valence-corrected chi connectivity index (χ4v) is 2.22. The van der Waals surface area contributed by atoms with Crippen LogP contribution in [0.5, 0.6) is 11.5 Å². The molecular weight excluding hydrogens is 350 g/mol. The largest absolute Gasteiger partial charge is 0.478 e. The zero-order valence-electron chi connectivity index (χ0n) is 12.8. The van der Waals surface area contributed by atoms with Crippen LogP contribution < -0.4 is 10.2 Å². The van der Waals surface area contributed by atoms with E-state index in [-0.39, 0.29) is 0 Å². The van der Waals surface area contributed by atoms with E-state index in [0.717, 1.165) is 24.3 Å². The van der Waals surface area contributed by atoms with Crippen LogP contribution in [0.4, 0.5) is 0 Å². The third-order valence-corrected chi connectivity index (χ3v) is 3.28. The summed E-state index contributed by atoms with van der Waals surface area (Å²) in [6, 6.07) is 6.90. The normalized spacial score (nSPS) is 10.0. The first kappa shape index (κ1) is 18.4. The molecule has 0 atom stereocenters. The van der Waals surface area contributed by atoms with Crippen LogP contribution in [0.2, 0.25) is 0 Å². The summed E-state index contributed by atoms with van der Waals surface area (Å²) >= 11 is 0. The predicted octanol–water partition coefficient (Wildman–Crippen LogP) is 1.69. The van der Waals surface area contributed by atoms with E-state index in [1.165, 1.54) is 17.6 Å². The summed E-state index contributed by atoms with van der Waals surface area (Å²) in [6.45, 7) is 0. The molecule has 0 radical (unpaired) electrons. The summed E-state index contributed by atoms with van der Waals surface area (Å²) in [7, 11) is 0. The quantitative estimate of drug-likeness (QED) is 0.379. The minimum Gasteiger partial charge on any atom is -0.478 e. The van der Waals surface area contributed by atoms with Gasteiger partial charge in [-0.3, -0.25) is 10.0 Å². The average molecular weight is 361 g/mol. The number of nitrogens with one attached hydrogen (secondary N) is 1. The molecule has 1 amide bonds. The first-order valence-electron chi connectivity index (χ1n) is 6.86. The second-order valence-electron chi connectivity index (χ2n) is 4.82. The number of hydrogen-bond donors (Lipinski definition) is 5. The number of rotatable bonds is 6. The third-order valence-electron chi connectivity index (χ3n) is 3.28. The summed E-state index contributed by atoms with van der Waals surface area (Å²) in [5.74, 6) is -6.65. The molecule has 0 saturated heterocycles. The van der Waals surface area contributed by atoms with Gasteiger partial charge in [0, 0.05) is 0 Å². The van der Waals surface area contributed by atoms with Crippen LogP contribution in [0.15, 0.2) is 36.4 Å². The number of aromatic carboxylic acids is 3. The molecule has 0 spiro atoms. The van der Waals surface area contributed by atoms with Crippen molar-refractivity contribution in [1.82, 2.24) is 5.48 Å². The Morgan fingerprint density at radius 1 is 0.731 bits per heavy atom. The van der Waals surface area contributed by atoms with Crippen LogP contribution in [0.3, 0.4) is 0 Å². The van der Waals surface area contributed by atoms with E-state index in [2.05, 4.69) is 0 Å². The highest BCUT2D eigenvalue weighted by Gasteiger charge is 2.25. The lowest BCUT2D eigenvalue weighted by molar-refractivity contribution is 0.0648. The number of ether oxygens (including phenoxy) is 1. The Morgan fingerprint density at radius 3 is 1.62 bits per heavy atom. The first-order valence-corrected chi connectivity index (χ1v) is 6.86. The Labute approximate surface area is 144 Å². The van der Waals surface area contributed by atoms with Gasteiger partial charge in [-0.1, -0.05) is 12.1 Å². The molecule has 0 fully saturated rings. The molecule has 0 aliphatic rings. The Bertz CT molecular complexity index is 920. The number of hydroxylamine groups is 1. The summed E-state index contributed by atoms with van der Waals surface area (Å²) in [5, 5.41) is 36.4. The number of carboxylic acids is 3. The van der Waals surface area contributed by atoms with Crippen molar-refractivity contribution in [3.05, 3.63) is 58.7 Å². The predicted molar refractivity (Wildman–Crippen MR) is 83.1 cm³/mol. The number of hydrogen-bond acceptors (Lipinski definition) is 6. The van der Waals surface area contributed by atoms with Gasteiger partial charge in [0.15, 0.2) is 0 Å². The molecule has 0 saturated carbocycles. The maximum absolute atomic E-state index is 11.6. The third kappa shape index (κ3) is 3.44. The van der Waals surface area contributed by atoms with Gasteiger partial charge in [-0.2, -0.15) is 0 Å². The molecule has 134 valence electrons. The highest BCUT2D eigenvalue weighted by atomic mass is 16.5. The van der Waals surface area contributed by atoms with Gasteiger partial charge in [0.05, 0.1) is 11.1 Å². The molecule has 0 heterocycles. The summed E-state index contributed by atoms with van der Waals surface area (Å²) in [6.07, 6.45) is 0. The highest BCUT2D eigenvalue weighted by molar-refractivity contribution is 6.06. The van der Waals surface area contributed by atoms with Gasteiger partial charge in [0.2, 0.25) is 0 Å². The molecular formula is C16H11NO9. The van der Waals surface area contributed by atoms with Crippen molar-refractivity contribution in [2.75, 3.05) is 0 Å². The van der Waals surface area contributed by atoms with Crippen LogP contribution in [-0.4, -0.2) is 44.3 Å². The van der Waals surface area contributed by atoms with E-state index < -0.39 is 57.6 Å². The molecule has 0 aliphatic carbocycles. The Kier molecular flexibility index (Phi) is 5.18. The van der Waals surface area contributed by atoms with Crippen molar-refractivity contribution in [2.45, 2.75) is 0 Å². The van der Waals surface area contributed by atoms with Gasteiger partial charge in [-0.25, -0.2) is 19.9 Å². The average Bonchev–Trinajstić information content (AvgIpc) is 2.60. The van der Waals surface area contributed by atoms with Crippen molar-refractivity contribution in [3.63, 3.8) is 0 Å². The lowest BCUT2D eigenvalue weighted by Gasteiger charge is -2.14. The maximum atomic E-state index is 11.6. The molecule has 0 bridgehead atoms. The van der Waals surface area contributed by atoms with E-state index in [9.17, 15) is 29.4 Å². The van der Waals surface area contributed by atoms with Gasteiger partial charge < -0.3 is 20.1 Å². The minimum atomic E-state index is -1.60. The molecule has 10 nitrogen and oxygen atoms in total. The number of carbonyl (C=O) groups is 4. The number of carboxylic acid groups (broad SMARTS) is 3. The second kappa shape index (κ2) is 7.32. The van der Waals surface area contributed by atoms with Gasteiger partial charge >= 0.3 is 17.9 Å².